The number of hydrogen-bond donors (Lipinski definition) is 2. The third-order valence-corrected chi connectivity index (χ3v) is 2.94. The second-order valence-corrected chi connectivity index (χ2v) is 4.85. The van der Waals surface area contributed by atoms with E-state index in [2.05, 4.69) is 5.32 Å². The van der Waals surface area contributed by atoms with Crippen LogP contribution in [0.3, 0.4) is 0 Å². The summed E-state index contributed by atoms with van der Waals surface area (Å²) in [6.45, 7) is 4.33. The van der Waals surface area contributed by atoms with E-state index in [1.165, 1.54) is 0 Å². The first-order valence-electron chi connectivity index (χ1n) is 6.98. The highest BCUT2D eigenvalue weighted by atomic mass is 32.1. The standard InChI is InChI=1S/C15H22N2O3S/c1-2-19-9-10-20-8-4-7-14(18)17-13-6-3-5-12(11-13)15(16)21/h3,5-6,11H,2,4,7-10H2,1H3,(H2,16,21)(H,17,18). The van der Waals surface area contributed by atoms with Crippen molar-refractivity contribution in [2.75, 3.05) is 31.7 Å². The molecule has 0 atom stereocenters. The Morgan fingerprint density at radius 2 is 2.05 bits per heavy atom. The van der Waals surface area contributed by atoms with Gasteiger partial charge < -0.3 is 20.5 Å². The van der Waals surface area contributed by atoms with Crippen LogP contribution in [0.2, 0.25) is 0 Å². The van der Waals surface area contributed by atoms with Crippen molar-refractivity contribution in [3.8, 4) is 0 Å². The number of thiocarbonyl (C=S) groups is 1. The van der Waals surface area contributed by atoms with E-state index in [1.807, 2.05) is 13.0 Å². The molecule has 0 aliphatic rings. The number of amides is 1. The second kappa shape index (κ2) is 10.3. The first kappa shape index (κ1) is 17.6. The van der Waals surface area contributed by atoms with Crippen LogP contribution in [-0.2, 0) is 14.3 Å². The topological polar surface area (TPSA) is 73.6 Å². The van der Waals surface area contributed by atoms with Crippen LogP contribution in [0.15, 0.2) is 24.3 Å². The lowest BCUT2D eigenvalue weighted by Gasteiger charge is -2.07. The molecule has 0 fully saturated rings. The van der Waals surface area contributed by atoms with Crippen molar-refractivity contribution in [3.63, 3.8) is 0 Å². The SMILES string of the molecule is CCOCCOCCCC(=O)Nc1cccc(C(N)=S)c1. The molecule has 1 aromatic rings. The van der Waals surface area contributed by atoms with Crippen LogP contribution in [0.1, 0.15) is 25.3 Å². The highest BCUT2D eigenvalue weighted by molar-refractivity contribution is 7.80. The summed E-state index contributed by atoms with van der Waals surface area (Å²) in [5, 5.41) is 2.81. The van der Waals surface area contributed by atoms with Crippen LogP contribution < -0.4 is 11.1 Å². The third kappa shape index (κ3) is 7.75. The lowest BCUT2D eigenvalue weighted by molar-refractivity contribution is -0.116. The van der Waals surface area contributed by atoms with Gasteiger partial charge in [-0.15, -0.1) is 0 Å². The molecule has 1 aromatic carbocycles. The molecule has 1 amide bonds. The maximum Gasteiger partial charge on any atom is 0.224 e. The minimum atomic E-state index is -0.0523. The van der Waals surface area contributed by atoms with E-state index < -0.39 is 0 Å². The fraction of sp³-hybridized carbons (Fsp3) is 0.467. The van der Waals surface area contributed by atoms with Gasteiger partial charge in [-0.1, -0.05) is 24.4 Å². The molecule has 0 aromatic heterocycles. The molecule has 0 spiro atoms. The van der Waals surface area contributed by atoms with Crippen molar-refractivity contribution in [3.05, 3.63) is 29.8 Å². The lowest BCUT2D eigenvalue weighted by Crippen LogP contribution is -2.14. The molecule has 21 heavy (non-hydrogen) atoms. The van der Waals surface area contributed by atoms with Crippen LogP contribution in [0, 0.1) is 0 Å². The smallest absolute Gasteiger partial charge is 0.224 e. The van der Waals surface area contributed by atoms with Gasteiger partial charge in [0.25, 0.3) is 0 Å². The Morgan fingerprint density at radius 1 is 1.29 bits per heavy atom. The quantitative estimate of drug-likeness (QED) is 0.511. The molecular formula is C15H22N2O3S. The first-order valence-corrected chi connectivity index (χ1v) is 7.39. The van der Waals surface area contributed by atoms with Crippen LogP contribution in [-0.4, -0.2) is 37.3 Å². The molecule has 5 nitrogen and oxygen atoms in total. The zero-order chi connectivity index (χ0) is 15.5. The van der Waals surface area contributed by atoms with Gasteiger partial charge >= 0.3 is 0 Å². The molecule has 0 unspecified atom stereocenters. The highest BCUT2D eigenvalue weighted by Crippen LogP contribution is 2.11. The molecule has 0 aliphatic heterocycles. The maximum absolute atomic E-state index is 11.8. The summed E-state index contributed by atoms with van der Waals surface area (Å²) < 4.78 is 10.5. The number of anilines is 1. The summed E-state index contributed by atoms with van der Waals surface area (Å²) in [4.78, 5) is 12.1. The lowest BCUT2D eigenvalue weighted by atomic mass is 10.2. The summed E-state index contributed by atoms with van der Waals surface area (Å²) in [7, 11) is 0. The summed E-state index contributed by atoms with van der Waals surface area (Å²) in [6, 6.07) is 7.18. The Hall–Kier alpha value is -1.50. The summed E-state index contributed by atoms with van der Waals surface area (Å²) in [5.41, 5.74) is 6.99. The largest absolute Gasteiger partial charge is 0.389 e. The predicted molar refractivity (Wildman–Crippen MR) is 87.5 cm³/mol. The highest BCUT2D eigenvalue weighted by Gasteiger charge is 2.04. The Kier molecular flexibility index (Phi) is 8.57. The molecular weight excluding hydrogens is 288 g/mol. The molecule has 0 bridgehead atoms. The molecule has 0 saturated carbocycles. The summed E-state index contributed by atoms with van der Waals surface area (Å²) in [6.07, 6.45) is 1.08. The Morgan fingerprint density at radius 3 is 2.76 bits per heavy atom. The third-order valence-electron chi connectivity index (χ3n) is 2.70. The van der Waals surface area contributed by atoms with E-state index in [-0.39, 0.29) is 5.91 Å². The van der Waals surface area contributed by atoms with Crippen molar-refractivity contribution in [2.45, 2.75) is 19.8 Å². The van der Waals surface area contributed by atoms with Crippen LogP contribution >= 0.6 is 12.2 Å². The normalized spacial score (nSPS) is 10.3. The van der Waals surface area contributed by atoms with Gasteiger partial charge in [-0.05, 0) is 25.5 Å². The Balaban J connectivity index is 2.21. The van der Waals surface area contributed by atoms with E-state index in [1.54, 1.807) is 18.2 Å². The number of carbonyl (C=O) groups is 1. The maximum atomic E-state index is 11.8. The Labute approximate surface area is 130 Å². The van der Waals surface area contributed by atoms with Crippen molar-refractivity contribution in [2.24, 2.45) is 5.73 Å². The molecule has 3 N–H and O–H groups in total. The fourth-order valence-corrected chi connectivity index (χ4v) is 1.80. The van der Waals surface area contributed by atoms with Gasteiger partial charge in [0.15, 0.2) is 0 Å². The first-order chi connectivity index (χ1) is 10.1. The van der Waals surface area contributed by atoms with Gasteiger partial charge in [0.1, 0.15) is 4.99 Å². The van der Waals surface area contributed by atoms with E-state index in [0.717, 1.165) is 5.56 Å². The zero-order valence-electron chi connectivity index (χ0n) is 12.3. The van der Waals surface area contributed by atoms with Gasteiger partial charge in [-0.25, -0.2) is 0 Å². The number of hydrogen-bond acceptors (Lipinski definition) is 4. The minimum Gasteiger partial charge on any atom is -0.389 e. The van der Waals surface area contributed by atoms with E-state index in [9.17, 15) is 4.79 Å². The Bertz CT molecular complexity index is 466. The molecule has 116 valence electrons. The second-order valence-electron chi connectivity index (χ2n) is 4.41. The van der Waals surface area contributed by atoms with E-state index in [4.69, 9.17) is 27.4 Å². The average molecular weight is 310 g/mol. The molecule has 0 radical (unpaired) electrons. The molecule has 6 heteroatoms. The van der Waals surface area contributed by atoms with Crippen LogP contribution in [0.25, 0.3) is 0 Å². The average Bonchev–Trinajstić information content (AvgIpc) is 2.46. The van der Waals surface area contributed by atoms with Crippen molar-refractivity contribution in [1.82, 2.24) is 0 Å². The summed E-state index contributed by atoms with van der Waals surface area (Å²) >= 11 is 4.90. The van der Waals surface area contributed by atoms with Crippen molar-refractivity contribution in [1.29, 1.82) is 0 Å². The zero-order valence-corrected chi connectivity index (χ0v) is 13.1. The van der Waals surface area contributed by atoms with Crippen LogP contribution in [0.4, 0.5) is 5.69 Å². The van der Waals surface area contributed by atoms with Gasteiger partial charge in [-0.3, -0.25) is 4.79 Å². The monoisotopic (exact) mass is 310 g/mol. The van der Waals surface area contributed by atoms with Gasteiger partial charge in [0.05, 0.1) is 13.2 Å². The predicted octanol–water partition coefficient (Wildman–Crippen LogP) is 2.09. The van der Waals surface area contributed by atoms with Gasteiger partial charge in [0, 0.05) is 30.9 Å². The van der Waals surface area contributed by atoms with E-state index in [0.29, 0.717) is 49.9 Å². The number of nitrogens with two attached hydrogens (primary N) is 1. The van der Waals surface area contributed by atoms with Crippen molar-refractivity contribution < 1.29 is 14.3 Å². The summed E-state index contributed by atoms with van der Waals surface area (Å²) in [5.74, 6) is -0.0523. The van der Waals surface area contributed by atoms with Gasteiger partial charge in [0.2, 0.25) is 5.91 Å². The van der Waals surface area contributed by atoms with Crippen LogP contribution in [0.5, 0.6) is 0 Å². The molecule has 0 aliphatic carbocycles. The van der Waals surface area contributed by atoms with Gasteiger partial charge in [-0.2, -0.15) is 0 Å². The number of benzene rings is 1. The van der Waals surface area contributed by atoms with E-state index >= 15 is 0 Å². The number of ether oxygens (including phenoxy) is 2. The molecule has 0 saturated heterocycles. The fourth-order valence-electron chi connectivity index (χ4n) is 1.67. The number of nitrogens with one attached hydrogen (secondary N) is 1. The minimum absolute atomic E-state index is 0.0523. The van der Waals surface area contributed by atoms with Crippen molar-refractivity contribution >= 4 is 28.8 Å². The molecule has 1 rings (SSSR count). The number of rotatable bonds is 10. The number of carbonyl (C=O) groups excluding carboxylic acids is 1. The molecule has 0 heterocycles.